The van der Waals surface area contributed by atoms with Gasteiger partial charge in [0.15, 0.2) is 0 Å². The summed E-state index contributed by atoms with van der Waals surface area (Å²) in [6, 6.07) is 10.2. The Labute approximate surface area is 117 Å². The van der Waals surface area contributed by atoms with Crippen LogP contribution in [0.3, 0.4) is 0 Å². The molecule has 1 saturated carbocycles. The van der Waals surface area contributed by atoms with Gasteiger partial charge in [-0.2, -0.15) is 0 Å². The van der Waals surface area contributed by atoms with Gasteiger partial charge >= 0.3 is 0 Å². The Hall–Kier alpha value is -1.11. The Balaban J connectivity index is 2.15. The first kappa shape index (κ1) is 14.3. The molecule has 0 N–H and O–H groups in total. The molecule has 0 bridgehead atoms. The molecule has 3 unspecified atom stereocenters. The van der Waals surface area contributed by atoms with Gasteiger partial charge in [-0.05, 0) is 50.5 Å². The predicted octanol–water partition coefficient (Wildman–Crippen LogP) is 4.61. The van der Waals surface area contributed by atoms with Gasteiger partial charge in [0.05, 0.1) is 0 Å². The van der Waals surface area contributed by atoms with Crippen LogP contribution in [-0.4, -0.2) is 5.78 Å². The minimum Gasteiger partial charge on any atom is -0.298 e. The lowest BCUT2D eigenvalue weighted by Crippen LogP contribution is -2.38. The fraction of sp³-hybridized carbons (Fsp3) is 0.611. The zero-order chi connectivity index (χ0) is 14.0. The van der Waals surface area contributed by atoms with Gasteiger partial charge in [0, 0.05) is 11.3 Å². The summed E-state index contributed by atoms with van der Waals surface area (Å²) < 4.78 is 0. The summed E-state index contributed by atoms with van der Waals surface area (Å²) in [5.41, 5.74) is 0.790. The molecular weight excluding hydrogens is 232 g/mol. The highest BCUT2D eigenvalue weighted by Crippen LogP contribution is 2.38. The molecule has 0 aromatic heterocycles. The highest BCUT2D eigenvalue weighted by molar-refractivity contribution is 5.91. The molecule has 19 heavy (non-hydrogen) atoms. The summed E-state index contributed by atoms with van der Waals surface area (Å²) >= 11 is 0. The van der Waals surface area contributed by atoms with Gasteiger partial charge in [0.2, 0.25) is 0 Å². The lowest BCUT2D eigenvalue weighted by atomic mass is 9.67. The number of hydrogen-bond acceptors (Lipinski definition) is 1. The minimum absolute atomic E-state index is 0.251. The summed E-state index contributed by atoms with van der Waals surface area (Å²) in [5, 5.41) is 0. The van der Waals surface area contributed by atoms with E-state index in [9.17, 15) is 4.79 Å². The van der Waals surface area contributed by atoms with Crippen molar-refractivity contribution in [2.75, 3.05) is 0 Å². The van der Waals surface area contributed by atoms with Crippen LogP contribution in [0.5, 0.6) is 0 Å². The highest BCUT2D eigenvalue weighted by atomic mass is 16.1. The maximum Gasteiger partial charge on any atom is 0.145 e. The van der Waals surface area contributed by atoms with E-state index in [1.165, 1.54) is 6.42 Å². The first-order valence-electron chi connectivity index (χ1n) is 7.52. The van der Waals surface area contributed by atoms with Crippen LogP contribution in [0.25, 0.3) is 0 Å². The van der Waals surface area contributed by atoms with Crippen LogP contribution in [-0.2, 0) is 10.2 Å². The maximum atomic E-state index is 12.9. The van der Waals surface area contributed by atoms with Crippen LogP contribution in [0, 0.1) is 17.8 Å². The van der Waals surface area contributed by atoms with Crippen LogP contribution < -0.4 is 0 Å². The van der Waals surface area contributed by atoms with Crippen molar-refractivity contribution in [3.63, 3.8) is 0 Å². The van der Waals surface area contributed by atoms with Crippen molar-refractivity contribution in [3.05, 3.63) is 35.9 Å². The van der Waals surface area contributed by atoms with Crippen molar-refractivity contribution < 1.29 is 4.79 Å². The number of benzene rings is 1. The quantitative estimate of drug-likeness (QED) is 0.774. The maximum absolute atomic E-state index is 12.9. The van der Waals surface area contributed by atoms with E-state index in [2.05, 4.69) is 39.8 Å². The summed E-state index contributed by atoms with van der Waals surface area (Å²) in [4.78, 5) is 12.9. The standard InChI is InChI=1S/C18H26O/c1-13-10-11-15(12-14(13)2)17(19)18(3,4)16-8-6-5-7-9-16/h5-9,13-15H,10-12H2,1-4H3. The lowest BCUT2D eigenvalue weighted by molar-refractivity contribution is -0.129. The number of Topliss-reactive ketones (excluding diaryl/α,β-unsaturated/α-hetero) is 1. The number of rotatable bonds is 3. The normalized spacial score (nSPS) is 28.1. The van der Waals surface area contributed by atoms with Gasteiger partial charge in [-0.15, -0.1) is 0 Å². The smallest absolute Gasteiger partial charge is 0.145 e. The fourth-order valence-corrected chi connectivity index (χ4v) is 3.29. The third kappa shape index (κ3) is 2.91. The largest absolute Gasteiger partial charge is 0.298 e. The van der Waals surface area contributed by atoms with Gasteiger partial charge in [-0.25, -0.2) is 0 Å². The molecule has 0 amide bonds. The number of carbonyl (C=O) groups is 1. The fourth-order valence-electron chi connectivity index (χ4n) is 3.29. The molecule has 1 fully saturated rings. The van der Waals surface area contributed by atoms with E-state index in [-0.39, 0.29) is 11.3 Å². The Morgan fingerprint density at radius 3 is 2.26 bits per heavy atom. The van der Waals surface area contributed by atoms with E-state index in [4.69, 9.17) is 0 Å². The van der Waals surface area contributed by atoms with Crippen molar-refractivity contribution in [3.8, 4) is 0 Å². The van der Waals surface area contributed by atoms with Crippen LogP contribution in [0.2, 0.25) is 0 Å². The van der Waals surface area contributed by atoms with Crippen LogP contribution >= 0.6 is 0 Å². The first-order chi connectivity index (χ1) is 8.93. The Morgan fingerprint density at radius 1 is 1.05 bits per heavy atom. The minimum atomic E-state index is -0.355. The average molecular weight is 258 g/mol. The summed E-state index contributed by atoms with van der Waals surface area (Å²) in [5.74, 6) is 2.12. The van der Waals surface area contributed by atoms with E-state index in [1.807, 2.05) is 18.2 Å². The molecule has 104 valence electrons. The molecule has 0 radical (unpaired) electrons. The molecule has 0 heterocycles. The Morgan fingerprint density at radius 2 is 1.68 bits per heavy atom. The van der Waals surface area contributed by atoms with Gasteiger partial charge in [-0.3, -0.25) is 4.79 Å². The predicted molar refractivity (Wildman–Crippen MR) is 80.1 cm³/mol. The van der Waals surface area contributed by atoms with Gasteiger partial charge < -0.3 is 0 Å². The molecule has 1 aromatic carbocycles. The number of ketones is 1. The SMILES string of the molecule is CC1CCC(C(=O)C(C)(C)c2ccccc2)CC1C. The number of carbonyl (C=O) groups excluding carboxylic acids is 1. The third-order valence-electron chi connectivity index (χ3n) is 5.08. The van der Waals surface area contributed by atoms with Gasteiger partial charge in [0.1, 0.15) is 5.78 Å². The van der Waals surface area contributed by atoms with E-state index < -0.39 is 0 Å². The summed E-state index contributed by atoms with van der Waals surface area (Å²) in [6.45, 7) is 8.76. The van der Waals surface area contributed by atoms with Crippen molar-refractivity contribution in [2.24, 2.45) is 17.8 Å². The molecule has 0 aliphatic heterocycles. The zero-order valence-corrected chi connectivity index (χ0v) is 12.6. The third-order valence-corrected chi connectivity index (χ3v) is 5.08. The molecule has 1 aliphatic carbocycles. The van der Waals surface area contributed by atoms with E-state index in [0.717, 1.165) is 24.3 Å². The van der Waals surface area contributed by atoms with Crippen molar-refractivity contribution in [1.29, 1.82) is 0 Å². The lowest BCUT2D eigenvalue weighted by Gasteiger charge is -2.35. The Kier molecular flexibility index (Phi) is 4.13. The van der Waals surface area contributed by atoms with E-state index in [1.54, 1.807) is 0 Å². The molecular formula is C18H26O. The number of hydrogen-bond donors (Lipinski definition) is 0. The molecule has 1 aromatic rings. The molecule has 2 rings (SSSR count). The topological polar surface area (TPSA) is 17.1 Å². The molecule has 3 atom stereocenters. The Bertz CT molecular complexity index is 432. The first-order valence-corrected chi connectivity index (χ1v) is 7.52. The summed E-state index contributed by atoms with van der Waals surface area (Å²) in [7, 11) is 0. The zero-order valence-electron chi connectivity index (χ0n) is 12.6. The molecule has 1 nitrogen and oxygen atoms in total. The van der Waals surface area contributed by atoms with Gasteiger partial charge in [-0.1, -0.05) is 44.2 Å². The highest BCUT2D eigenvalue weighted by Gasteiger charge is 2.38. The van der Waals surface area contributed by atoms with Crippen LogP contribution in [0.1, 0.15) is 52.5 Å². The van der Waals surface area contributed by atoms with Crippen LogP contribution in [0.4, 0.5) is 0 Å². The van der Waals surface area contributed by atoms with Crippen LogP contribution in [0.15, 0.2) is 30.3 Å². The molecule has 0 saturated heterocycles. The van der Waals surface area contributed by atoms with Gasteiger partial charge in [0.25, 0.3) is 0 Å². The monoisotopic (exact) mass is 258 g/mol. The summed E-state index contributed by atoms with van der Waals surface area (Å²) in [6.07, 6.45) is 3.33. The van der Waals surface area contributed by atoms with Crippen molar-refractivity contribution in [2.45, 2.75) is 52.4 Å². The van der Waals surface area contributed by atoms with Crippen molar-refractivity contribution in [1.82, 2.24) is 0 Å². The molecule has 1 heteroatoms. The molecule has 0 spiro atoms. The average Bonchev–Trinajstić information content (AvgIpc) is 2.42. The second-order valence-corrected chi connectivity index (χ2v) is 6.82. The second kappa shape index (κ2) is 5.48. The molecule has 1 aliphatic rings. The van der Waals surface area contributed by atoms with E-state index >= 15 is 0 Å². The van der Waals surface area contributed by atoms with E-state index in [0.29, 0.717) is 11.7 Å². The van der Waals surface area contributed by atoms with Crippen molar-refractivity contribution >= 4 is 5.78 Å². The second-order valence-electron chi connectivity index (χ2n) is 6.82.